The topological polar surface area (TPSA) is 52.3 Å². The van der Waals surface area contributed by atoms with Crippen LogP contribution < -0.4 is 4.74 Å². The minimum absolute atomic E-state index is 0.0114. The van der Waals surface area contributed by atoms with Gasteiger partial charge in [0.05, 0.1) is 39.1 Å². The van der Waals surface area contributed by atoms with Crippen molar-refractivity contribution in [2.45, 2.75) is 71.5 Å². The van der Waals surface area contributed by atoms with Gasteiger partial charge < -0.3 is 4.74 Å². The number of benzene rings is 3. The summed E-state index contributed by atoms with van der Waals surface area (Å²) in [5, 5.41) is 5.37. The third-order valence-corrected chi connectivity index (χ3v) is 8.98. The molecule has 0 radical (unpaired) electrons. The molecule has 5 aromatic rings. The van der Waals surface area contributed by atoms with E-state index < -0.39 is 40.9 Å². The standard InChI is InChI=1S/C35H31F7N4O2/c1-5-20-9-7-10-21(6-2)28(20)46-31(48-32(47)45-16-15-22-11-8-12-27(36)29(22)45)25-19-44(33(3,4)30(25)43-46)18-23-13-14-24(34(37,38)39)17-26(23)35(40,41)42/h7-17H,5-6,18-19H2,1-4H3. The molecule has 6 rings (SSSR count). The summed E-state index contributed by atoms with van der Waals surface area (Å²) in [6.07, 6.45) is -8.32. The number of para-hydroxylation sites is 2. The highest BCUT2D eigenvalue weighted by atomic mass is 19.4. The Kier molecular flexibility index (Phi) is 8.17. The van der Waals surface area contributed by atoms with Crippen LogP contribution in [0.15, 0.2) is 66.9 Å². The Morgan fingerprint density at radius 1 is 0.896 bits per heavy atom. The van der Waals surface area contributed by atoms with Crippen LogP contribution in [0.4, 0.5) is 35.5 Å². The fraction of sp³-hybridized carbons (Fsp3) is 0.314. The average molecular weight is 673 g/mol. The molecule has 48 heavy (non-hydrogen) atoms. The van der Waals surface area contributed by atoms with Gasteiger partial charge in [0.15, 0.2) is 0 Å². The maximum atomic E-state index is 14.9. The minimum Gasteiger partial charge on any atom is -0.390 e. The van der Waals surface area contributed by atoms with Gasteiger partial charge in [0.25, 0.3) is 0 Å². The first-order valence-corrected chi connectivity index (χ1v) is 15.3. The number of carbonyl (C=O) groups is 1. The number of aromatic nitrogens is 3. The average Bonchev–Trinajstić information content (AvgIpc) is 3.68. The first-order valence-electron chi connectivity index (χ1n) is 15.3. The van der Waals surface area contributed by atoms with Crippen LogP contribution in [-0.2, 0) is 43.8 Å². The normalized spacial score (nSPS) is 14.9. The SMILES string of the molecule is CCc1cccc(CC)c1-n1nc2c(c1OC(=O)n1ccc3cccc(F)c31)CN(Cc1ccc(C(F)(F)F)cc1C(F)(F)F)C2(C)C. The fourth-order valence-electron chi connectivity index (χ4n) is 6.40. The molecule has 0 amide bonds. The Morgan fingerprint density at radius 3 is 2.19 bits per heavy atom. The van der Waals surface area contributed by atoms with Crippen LogP contribution in [0, 0.1) is 5.82 Å². The second-order valence-corrected chi connectivity index (χ2v) is 12.2. The van der Waals surface area contributed by atoms with Crippen molar-refractivity contribution in [3.05, 3.63) is 112 Å². The van der Waals surface area contributed by atoms with Gasteiger partial charge in [0.1, 0.15) is 5.82 Å². The van der Waals surface area contributed by atoms with Crippen molar-refractivity contribution in [3.8, 4) is 11.6 Å². The second-order valence-electron chi connectivity index (χ2n) is 12.2. The maximum absolute atomic E-state index is 14.9. The Balaban J connectivity index is 1.47. The van der Waals surface area contributed by atoms with E-state index in [0.29, 0.717) is 41.2 Å². The van der Waals surface area contributed by atoms with Crippen molar-refractivity contribution < 1.29 is 40.3 Å². The van der Waals surface area contributed by atoms with Crippen LogP contribution in [0.2, 0.25) is 0 Å². The predicted octanol–water partition coefficient (Wildman–Crippen LogP) is 9.43. The lowest BCUT2D eigenvalue weighted by Crippen LogP contribution is -2.36. The van der Waals surface area contributed by atoms with Crippen molar-refractivity contribution in [1.82, 2.24) is 19.2 Å². The molecule has 0 spiro atoms. The number of carbonyl (C=O) groups excluding carboxylic acids is 1. The number of nitrogens with zero attached hydrogens (tertiary/aromatic N) is 4. The molecule has 0 bridgehead atoms. The van der Waals surface area contributed by atoms with Gasteiger partial charge in [-0.2, -0.15) is 36.1 Å². The van der Waals surface area contributed by atoms with Gasteiger partial charge in [0.2, 0.25) is 5.88 Å². The summed E-state index contributed by atoms with van der Waals surface area (Å²) >= 11 is 0. The molecule has 0 saturated carbocycles. The van der Waals surface area contributed by atoms with Crippen molar-refractivity contribution in [2.75, 3.05) is 0 Å². The van der Waals surface area contributed by atoms with E-state index in [1.165, 1.54) is 23.0 Å². The van der Waals surface area contributed by atoms with Crippen LogP contribution in [0.1, 0.15) is 66.8 Å². The summed E-state index contributed by atoms with van der Waals surface area (Å²) in [5.41, 5.74) is -0.847. The zero-order valence-corrected chi connectivity index (χ0v) is 26.4. The zero-order valence-electron chi connectivity index (χ0n) is 26.4. The number of rotatable bonds is 6. The molecule has 0 aliphatic carbocycles. The largest absolute Gasteiger partial charge is 0.425 e. The van der Waals surface area contributed by atoms with Gasteiger partial charge in [-0.05, 0) is 67.6 Å². The predicted molar refractivity (Wildman–Crippen MR) is 164 cm³/mol. The fourth-order valence-corrected chi connectivity index (χ4v) is 6.40. The van der Waals surface area contributed by atoms with Crippen LogP contribution >= 0.6 is 0 Å². The lowest BCUT2D eigenvalue weighted by molar-refractivity contribution is -0.143. The third-order valence-electron chi connectivity index (χ3n) is 8.98. The lowest BCUT2D eigenvalue weighted by atomic mass is 9.98. The summed E-state index contributed by atoms with van der Waals surface area (Å²) in [4.78, 5) is 15.4. The van der Waals surface area contributed by atoms with Crippen molar-refractivity contribution in [1.29, 1.82) is 0 Å². The van der Waals surface area contributed by atoms with Gasteiger partial charge in [-0.1, -0.05) is 50.2 Å². The van der Waals surface area contributed by atoms with Crippen molar-refractivity contribution >= 4 is 17.0 Å². The highest BCUT2D eigenvalue weighted by Gasteiger charge is 2.46. The summed E-state index contributed by atoms with van der Waals surface area (Å²) in [6.45, 7) is 6.98. The number of alkyl halides is 6. The molecule has 13 heteroatoms. The molecule has 0 saturated heterocycles. The highest BCUT2D eigenvalue weighted by Crippen LogP contribution is 2.46. The Morgan fingerprint density at radius 2 is 1.56 bits per heavy atom. The van der Waals surface area contributed by atoms with Gasteiger partial charge in [-0.25, -0.2) is 13.8 Å². The summed E-state index contributed by atoms with van der Waals surface area (Å²) < 4.78 is 106. The van der Waals surface area contributed by atoms with Crippen molar-refractivity contribution in [2.24, 2.45) is 0 Å². The van der Waals surface area contributed by atoms with E-state index in [4.69, 9.17) is 9.84 Å². The molecule has 6 nitrogen and oxygen atoms in total. The molecule has 0 unspecified atom stereocenters. The molecule has 1 aliphatic rings. The van der Waals surface area contributed by atoms with E-state index in [2.05, 4.69) is 0 Å². The minimum atomic E-state index is -5.04. The van der Waals surface area contributed by atoms with Gasteiger partial charge >= 0.3 is 18.4 Å². The molecule has 0 fully saturated rings. The smallest absolute Gasteiger partial charge is 0.390 e. The monoisotopic (exact) mass is 672 g/mol. The summed E-state index contributed by atoms with van der Waals surface area (Å²) in [5.74, 6) is -0.620. The van der Waals surface area contributed by atoms with Gasteiger partial charge in [0, 0.05) is 24.7 Å². The van der Waals surface area contributed by atoms with Crippen LogP contribution in [0.3, 0.4) is 0 Å². The molecular formula is C35H31F7N4O2. The Labute approximate surface area is 271 Å². The third kappa shape index (κ3) is 5.63. The molecule has 3 heterocycles. The van der Waals surface area contributed by atoms with E-state index in [1.807, 2.05) is 32.0 Å². The number of hydrogen-bond acceptors (Lipinski definition) is 4. The number of aryl methyl sites for hydroxylation is 2. The molecule has 252 valence electrons. The Hall–Kier alpha value is -4.65. The van der Waals surface area contributed by atoms with Gasteiger partial charge in [-0.3, -0.25) is 4.90 Å². The number of halogens is 7. The first kappa shape index (κ1) is 33.3. The van der Waals surface area contributed by atoms with E-state index >= 15 is 0 Å². The van der Waals surface area contributed by atoms with Crippen LogP contribution in [0.5, 0.6) is 5.88 Å². The molecule has 3 aromatic carbocycles. The zero-order chi connectivity index (χ0) is 34.8. The lowest BCUT2D eigenvalue weighted by Gasteiger charge is -2.32. The first-order chi connectivity index (χ1) is 22.6. The number of hydrogen-bond donors (Lipinski definition) is 0. The maximum Gasteiger partial charge on any atom is 0.425 e. The Bertz CT molecular complexity index is 2020. The van der Waals surface area contributed by atoms with Crippen molar-refractivity contribution in [3.63, 3.8) is 0 Å². The highest BCUT2D eigenvalue weighted by molar-refractivity contribution is 5.90. The molecule has 2 aromatic heterocycles. The number of ether oxygens (including phenoxy) is 1. The van der Waals surface area contributed by atoms with Crippen LogP contribution in [0.25, 0.3) is 16.6 Å². The quantitative estimate of drug-likeness (QED) is 0.169. The van der Waals surface area contributed by atoms with E-state index in [9.17, 15) is 35.5 Å². The molecule has 0 N–H and O–H groups in total. The number of fused-ring (bicyclic) bond motifs is 2. The van der Waals surface area contributed by atoms with E-state index in [1.54, 1.807) is 30.9 Å². The summed E-state index contributed by atoms with van der Waals surface area (Å²) in [7, 11) is 0. The van der Waals surface area contributed by atoms with E-state index in [0.717, 1.165) is 21.8 Å². The molecule has 0 atom stereocenters. The molecule has 1 aliphatic heterocycles. The molecular weight excluding hydrogens is 641 g/mol. The second kappa shape index (κ2) is 11.8. The van der Waals surface area contributed by atoms with E-state index in [-0.39, 0.29) is 36.1 Å². The van der Waals surface area contributed by atoms with Gasteiger partial charge in [-0.15, -0.1) is 0 Å². The van der Waals surface area contributed by atoms with Crippen LogP contribution in [-0.4, -0.2) is 25.3 Å². The summed E-state index contributed by atoms with van der Waals surface area (Å²) in [6, 6.07) is 13.3.